The van der Waals surface area contributed by atoms with Crippen LogP contribution >= 0.6 is 0 Å². The summed E-state index contributed by atoms with van der Waals surface area (Å²) in [5, 5.41) is 0. The second kappa shape index (κ2) is 5.25. The summed E-state index contributed by atoms with van der Waals surface area (Å²) < 4.78 is 37.4. The maximum absolute atomic E-state index is 12.4. The molecule has 0 heterocycles. The molecule has 0 aliphatic rings. The minimum absolute atomic E-state index is 0.0416. The van der Waals surface area contributed by atoms with Crippen molar-refractivity contribution in [3.63, 3.8) is 0 Å². The van der Waals surface area contributed by atoms with Crippen LogP contribution in [-0.4, -0.2) is 8.42 Å². The van der Waals surface area contributed by atoms with Gasteiger partial charge in [-0.1, -0.05) is 60.2 Å². The smallest absolute Gasteiger partial charge is 0.358 e. The van der Waals surface area contributed by atoms with Gasteiger partial charge < -0.3 is 4.18 Å². The third-order valence-electron chi connectivity index (χ3n) is 3.27. The van der Waals surface area contributed by atoms with Crippen LogP contribution in [0.2, 0.25) is 0 Å². The van der Waals surface area contributed by atoms with E-state index in [1.807, 2.05) is 30.3 Å². The molecule has 0 saturated heterocycles. The van der Waals surface area contributed by atoms with E-state index in [4.69, 9.17) is 0 Å². The zero-order chi connectivity index (χ0) is 14.8. The Bertz CT molecular complexity index is 677. The first-order chi connectivity index (χ1) is 9.29. The van der Waals surface area contributed by atoms with Crippen molar-refractivity contribution < 1.29 is 16.5 Å². The van der Waals surface area contributed by atoms with Crippen LogP contribution in [0.15, 0.2) is 54.6 Å². The lowest BCUT2D eigenvalue weighted by Crippen LogP contribution is -2.18. The summed E-state index contributed by atoms with van der Waals surface area (Å²) >= 11 is 0. The van der Waals surface area contributed by atoms with Crippen LogP contribution in [0.5, 0.6) is 5.75 Å². The fourth-order valence-electron chi connectivity index (χ4n) is 2.06. The van der Waals surface area contributed by atoms with Crippen LogP contribution in [0.3, 0.4) is 0 Å². The lowest BCUT2D eigenvalue weighted by atomic mass is 9.78. The van der Waals surface area contributed by atoms with E-state index in [1.165, 1.54) is 12.1 Å². The molecule has 0 aliphatic heterocycles. The maximum atomic E-state index is 12.4. The summed E-state index contributed by atoms with van der Waals surface area (Å²) in [6.45, 7) is 4.12. The van der Waals surface area contributed by atoms with Crippen molar-refractivity contribution in [1.29, 1.82) is 0 Å². The molecule has 2 aromatic carbocycles. The predicted octanol–water partition coefficient (Wildman–Crippen LogP) is 3.61. The minimum Gasteiger partial charge on any atom is -0.358 e. The van der Waals surface area contributed by atoms with Gasteiger partial charge >= 0.3 is 10.5 Å². The van der Waals surface area contributed by atoms with Gasteiger partial charge in [-0.05, 0) is 23.3 Å². The van der Waals surface area contributed by atoms with E-state index in [-0.39, 0.29) is 11.2 Å². The molecule has 2 rings (SSSR count). The van der Waals surface area contributed by atoms with Gasteiger partial charge in [-0.2, -0.15) is 8.42 Å². The van der Waals surface area contributed by atoms with Gasteiger partial charge in [-0.15, -0.1) is 0 Å². The molecule has 106 valence electrons. The van der Waals surface area contributed by atoms with Gasteiger partial charge in [0.25, 0.3) is 0 Å². The number of rotatable bonds is 4. The molecule has 0 fully saturated rings. The van der Waals surface area contributed by atoms with E-state index in [1.54, 1.807) is 12.1 Å². The summed E-state index contributed by atoms with van der Waals surface area (Å²) in [7, 11) is -4.98. The SMILES string of the molecule is CC(C)(c1ccccc1)c1ccc(OS(=O)(=O)F)cc1. The van der Waals surface area contributed by atoms with Crippen molar-refractivity contribution in [3.8, 4) is 5.75 Å². The Morgan fingerprint density at radius 2 is 1.40 bits per heavy atom. The van der Waals surface area contributed by atoms with Crippen LogP contribution in [0.1, 0.15) is 25.0 Å². The third-order valence-corrected chi connectivity index (χ3v) is 3.66. The molecule has 20 heavy (non-hydrogen) atoms. The van der Waals surface area contributed by atoms with Crippen molar-refractivity contribution in [2.45, 2.75) is 19.3 Å². The lowest BCUT2D eigenvalue weighted by Gasteiger charge is -2.26. The Hall–Kier alpha value is -1.88. The lowest BCUT2D eigenvalue weighted by molar-refractivity contribution is 0.440. The van der Waals surface area contributed by atoms with Gasteiger partial charge in [0.15, 0.2) is 0 Å². The van der Waals surface area contributed by atoms with Crippen LogP contribution in [0.25, 0.3) is 0 Å². The average Bonchev–Trinajstić information content (AvgIpc) is 2.38. The van der Waals surface area contributed by atoms with Crippen molar-refractivity contribution >= 4 is 10.5 Å². The first-order valence-corrected chi connectivity index (χ1v) is 7.40. The van der Waals surface area contributed by atoms with E-state index in [9.17, 15) is 12.3 Å². The second-order valence-corrected chi connectivity index (χ2v) is 5.94. The highest BCUT2D eigenvalue weighted by molar-refractivity contribution is 7.81. The molecule has 0 spiro atoms. The highest BCUT2D eigenvalue weighted by atomic mass is 32.3. The highest BCUT2D eigenvalue weighted by Crippen LogP contribution is 2.32. The van der Waals surface area contributed by atoms with Gasteiger partial charge in [0.2, 0.25) is 0 Å². The average molecular weight is 294 g/mol. The van der Waals surface area contributed by atoms with Crippen molar-refractivity contribution in [1.82, 2.24) is 0 Å². The van der Waals surface area contributed by atoms with E-state index in [2.05, 4.69) is 18.0 Å². The van der Waals surface area contributed by atoms with Crippen LogP contribution in [-0.2, 0) is 15.9 Å². The Morgan fingerprint density at radius 3 is 1.90 bits per heavy atom. The number of benzene rings is 2. The van der Waals surface area contributed by atoms with Gasteiger partial charge in [0.1, 0.15) is 5.75 Å². The highest BCUT2D eigenvalue weighted by Gasteiger charge is 2.23. The molecule has 0 atom stereocenters. The Labute approximate surface area is 118 Å². The summed E-state index contributed by atoms with van der Waals surface area (Å²) in [5.74, 6) is -0.0416. The second-order valence-electron chi connectivity index (χ2n) is 4.99. The molecule has 0 bridgehead atoms. The fraction of sp³-hybridized carbons (Fsp3) is 0.200. The number of halogens is 1. The molecule has 2 aromatic rings. The summed E-state index contributed by atoms with van der Waals surface area (Å²) in [5.41, 5.74) is 1.87. The first kappa shape index (κ1) is 14.5. The topological polar surface area (TPSA) is 43.4 Å². The Kier molecular flexibility index (Phi) is 3.81. The van der Waals surface area contributed by atoms with Crippen LogP contribution < -0.4 is 4.18 Å². The molecule has 0 radical (unpaired) electrons. The molecule has 0 unspecified atom stereocenters. The maximum Gasteiger partial charge on any atom is 0.488 e. The van der Waals surface area contributed by atoms with Gasteiger partial charge in [-0.25, -0.2) is 0 Å². The summed E-state index contributed by atoms with van der Waals surface area (Å²) in [6.07, 6.45) is 0. The Morgan fingerprint density at radius 1 is 0.900 bits per heavy atom. The molecule has 0 aliphatic carbocycles. The quantitative estimate of drug-likeness (QED) is 0.809. The standard InChI is InChI=1S/C15H15FO3S/c1-15(2,12-6-4-3-5-7-12)13-8-10-14(11-9-13)19-20(16,17)18/h3-11H,1-2H3. The number of hydrogen-bond acceptors (Lipinski definition) is 3. The predicted molar refractivity (Wildman–Crippen MR) is 75.7 cm³/mol. The summed E-state index contributed by atoms with van der Waals surface area (Å²) in [4.78, 5) is 0. The van der Waals surface area contributed by atoms with Gasteiger partial charge in [0.05, 0.1) is 0 Å². The van der Waals surface area contributed by atoms with Gasteiger partial charge in [0, 0.05) is 5.41 Å². The molecule has 0 saturated carbocycles. The zero-order valence-corrected chi connectivity index (χ0v) is 12.0. The molecule has 0 N–H and O–H groups in total. The molecular formula is C15H15FO3S. The normalized spacial score (nSPS) is 12.2. The fourth-order valence-corrected chi connectivity index (χ4v) is 2.40. The minimum atomic E-state index is -4.98. The number of hydrogen-bond donors (Lipinski definition) is 0. The van der Waals surface area contributed by atoms with Crippen LogP contribution in [0.4, 0.5) is 3.89 Å². The van der Waals surface area contributed by atoms with Crippen molar-refractivity contribution in [3.05, 3.63) is 65.7 Å². The molecule has 3 nitrogen and oxygen atoms in total. The molecule has 0 aromatic heterocycles. The molecular weight excluding hydrogens is 279 g/mol. The van der Waals surface area contributed by atoms with E-state index in [0.29, 0.717) is 0 Å². The van der Waals surface area contributed by atoms with E-state index < -0.39 is 10.5 Å². The Balaban J connectivity index is 2.30. The van der Waals surface area contributed by atoms with E-state index in [0.717, 1.165) is 11.1 Å². The van der Waals surface area contributed by atoms with Gasteiger partial charge in [-0.3, -0.25) is 0 Å². The van der Waals surface area contributed by atoms with Crippen molar-refractivity contribution in [2.75, 3.05) is 0 Å². The van der Waals surface area contributed by atoms with Crippen molar-refractivity contribution in [2.24, 2.45) is 0 Å². The monoisotopic (exact) mass is 294 g/mol. The van der Waals surface area contributed by atoms with Crippen LogP contribution in [0, 0.1) is 0 Å². The van der Waals surface area contributed by atoms with E-state index >= 15 is 0 Å². The first-order valence-electron chi connectivity index (χ1n) is 6.09. The molecule has 0 amide bonds. The largest absolute Gasteiger partial charge is 0.488 e. The molecule has 5 heteroatoms. The third kappa shape index (κ3) is 3.36. The summed E-state index contributed by atoms with van der Waals surface area (Å²) in [6, 6.07) is 16.3. The zero-order valence-electron chi connectivity index (χ0n) is 11.2.